The summed E-state index contributed by atoms with van der Waals surface area (Å²) in [6.07, 6.45) is 1.43. The molecule has 1 rings (SSSR count). The molecule has 0 aromatic carbocycles. The molecule has 1 aromatic rings. The lowest BCUT2D eigenvalue weighted by Gasteiger charge is -2.19. The topological polar surface area (TPSA) is 46.1 Å². The summed E-state index contributed by atoms with van der Waals surface area (Å²) < 4.78 is 0. The zero-order valence-electron chi connectivity index (χ0n) is 8.82. The maximum Gasteiger partial charge on any atom is 0.178 e. The van der Waals surface area contributed by atoms with Crippen molar-refractivity contribution in [1.82, 2.24) is 9.97 Å². The Labute approximate surface area is 84.0 Å². The lowest BCUT2D eigenvalue weighted by atomic mass is 10.3. The Bertz CT molecular complexity index is 321. The molecule has 14 heavy (non-hydrogen) atoms. The zero-order valence-corrected chi connectivity index (χ0v) is 8.82. The van der Waals surface area contributed by atoms with Gasteiger partial charge in [-0.3, -0.25) is 4.79 Å². The fraction of sp³-hybridized carbons (Fsp3) is 0.500. The van der Waals surface area contributed by atoms with E-state index in [2.05, 4.69) is 28.7 Å². The Morgan fingerprint density at radius 1 is 1.36 bits per heavy atom. The Kier molecular flexibility index (Phi) is 3.56. The van der Waals surface area contributed by atoms with Crippen molar-refractivity contribution in [3.05, 3.63) is 18.1 Å². The van der Waals surface area contributed by atoms with Crippen LogP contribution < -0.4 is 4.90 Å². The van der Waals surface area contributed by atoms with E-state index in [1.165, 1.54) is 13.3 Å². The van der Waals surface area contributed by atoms with Gasteiger partial charge < -0.3 is 4.90 Å². The Balaban J connectivity index is 2.98. The summed E-state index contributed by atoms with van der Waals surface area (Å²) in [5, 5.41) is 0. The van der Waals surface area contributed by atoms with Crippen molar-refractivity contribution in [1.29, 1.82) is 0 Å². The molecule has 0 aliphatic heterocycles. The van der Waals surface area contributed by atoms with Crippen molar-refractivity contribution in [3.63, 3.8) is 0 Å². The normalized spacial score (nSPS) is 9.93. The molecule has 0 saturated carbocycles. The van der Waals surface area contributed by atoms with Gasteiger partial charge in [-0.15, -0.1) is 0 Å². The summed E-state index contributed by atoms with van der Waals surface area (Å²) in [6.45, 7) is 7.38. The van der Waals surface area contributed by atoms with Crippen LogP contribution in [0.5, 0.6) is 0 Å². The summed E-state index contributed by atoms with van der Waals surface area (Å²) in [5.74, 6) is 0.788. The van der Waals surface area contributed by atoms with Gasteiger partial charge in [-0.1, -0.05) is 0 Å². The van der Waals surface area contributed by atoms with Gasteiger partial charge >= 0.3 is 0 Å². The largest absolute Gasteiger partial charge is 0.357 e. The molecule has 0 atom stereocenters. The number of rotatable bonds is 4. The number of aromatic nitrogens is 2. The first-order valence-corrected chi connectivity index (χ1v) is 4.77. The van der Waals surface area contributed by atoms with Gasteiger partial charge in [0, 0.05) is 26.1 Å². The van der Waals surface area contributed by atoms with E-state index >= 15 is 0 Å². The Morgan fingerprint density at radius 2 is 2.00 bits per heavy atom. The van der Waals surface area contributed by atoms with E-state index in [9.17, 15) is 4.79 Å². The fourth-order valence-corrected chi connectivity index (χ4v) is 1.26. The highest BCUT2D eigenvalue weighted by Gasteiger charge is 2.07. The van der Waals surface area contributed by atoms with Gasteiger partial charge in [0.05, 0.1) is 0 Å². The van der Waals surface area contributed by atoms with E-state index < -0.39 is 0 Å². The van der Waals surface area contributed by atoms with E-state index in [0.717, 1.165) is 18.9 Å². The molecule has 0 spiro atoms. The minimum absolute atomic E-state index is 0.0270. The molecule has 4 heteroatoms. The minimum Gasteiger partial charge on any atom is -0.357 e. The van der Waals surface area contributed by atoms with E-state index in [0.29, 0.717) is 5.69 Å². The molecular formula is C10H15N3O. The number of anilines is 1. The maximum absolute atomic E-state index is 11.1. The molecule has 1 aromatic heterocycles. The first-order chi connectivity index (χ1) is 6.69. The second-order valence-corrected chi connectivity index (χ2v) is 2.99. The summed E-state index contributed by atoms with van der Waals surface area (Å²) in [6, 6.07) is 1.73. The molecule has 0 saturated heterocycles. The second-order valence-electron chi connectivity index (χ2n) is 2.99. The van der Waals surface area contributed by atoms with E-state index in [1.807, 2.05) is 0 Å². The molecule has 0 unspecified atom stereocenters. The average molecular weight is 193 g/mol. The van der Waals surface area contributed by atoms with Crippen LogP contribution in [0.4, 0.5) is 5.82 Å². The van der Waals surface area contributed by atoms with Crippen LogP contribution in [0, 0.1) is 0 Å². The van der Waals surface area contributed by atoms with Crippen molar-refractivity contribution >= 4 is 11.6 Å². The highest BCUT2D eigenvalue weighted by molar-refractivity contribution is 5.92. The predicted molar refractivity (Wildman–Crippen MR) is 55.6 cm³/mol. The van der Waals surface area contributed by atoms with Gasteiger partial charge in [-0.05, 0) is 13.8 Å². The maximum atomic E-state index is 11.1. The molecule has 0 bridgehead atoms. The first kappa shape index (κ1) is 10.6. The number of Topliss-reactive ketones (excluding diaryl/α,β-unsaturated/α-hetero) is 1. The number of hydrogen-bond donors (Lipinski definition) is 0. The van der Waals surface area contributed by atoms with Crippen LogP contribution >= 0.6 is 0 Å². The number of ketones is 1. The van der Waals surface area contributed by atoms with Crippen LogP contribution in [-0.2, 0) is 0 Å². The smallest absolute Gasteiger partial charge is 0.178 e. The van der Waals surface area contributed by atoms with Gasteiger partial charge in [0.2, 0.25) is 0 Å². The molecule has 0 fully saturated rings. The van der Waals surface area contributed by atoms with Crippen LogP contribution in [0.3, 0.4) is 0 Å². The van der Waals surface area contributed by atoms with Crippen molar-refractivity contribution in [2.24, 2.45) is 0 Å². The van der Waals surface area contributed by atoms with E-state index in [4.69, 9.17) is 0 Å². The van der Waals surface area contributed by atoms with Crippen molar-refractivity contribution in [2.45, 2.75) is 20.8 Å². The average Bonchev–Trinajstić information content (AvgIpc) is 2.20. The van der Waals surface area contributed by atoms with E-state index in [1.54, 1.807) is 6.07 Å². The standard InChI is InChI=1S/C10H15N3O/c1-4-13(5-2)10-6-9(8(3)14)11-7-12-10/h6-7H,4-5H2,1-3H3. The first-order valence-electron chi connectivity index (χ1n) is 4.77. The third-order valence-electron chi connectivity index (χ3n) is 2.10. The second kappa shape index (κ2) is 4.69. The quantitative estimate of drug-likeness (QED) is 0.680. The number of nitrogens with zero attached hydrogens (tertiary/aromatic N) is 3. The summed E-state index contributed by atoms with van der Waals surface area (Å²) in [5.41, 5.74) is 0.474. The minimum atomic E-state index is -0.0270. The molecule has 0 radical (unpaired) electrons. The lowest BCUT2D eigenvalue weighted by molar-refractivity contribution is 0.101. The van der Waals surface area contributed by atoms with Gasteiger partial charge in [-0.25, -0.2) is 9.97 Å². The van der Waals surface area contributed by atoms with Crippen molar-refractivity contribution < 1.29 is 4.79 Å². The van der Waals surface area contributed by atoms with Gasteiger partial charge in [0.25, 0.3) is 0 Å². The van der Waals surface area contributed by atoms with Crippen LogP contribution in [0.25, 0.3) is 0 Å². The van der Waals surface area contributed by atoms with Gasteiger partial charge in [0.1, 0.15) is 17.8 Å². The number of carbonyl (C=O) groups is 1. The van der Waals surface area contributed by atoms with Gasteiger partial charge in [-0.2, -0.15) is 0 Å². The Morgan fingerprint density at radius 3 is 2.50 bits per heavy atom. The monoisotopic (exact) mass is 193 g/mol. The number of hydrogen-bond acceptors (Lipinski definition) is 4. The summed E-state index contributed by atoms with van der Waals surface area (Å²) in [7, 11) is 0. The fourth-order valence-electron chi connectivity index (χ4n) is 1.26. The van der Waals surface area contributed by atoms with Crippen LogP contribution in [0.15, 0.2) is 12.4 Å². The Hall–Kier alpha value is -1.45. The highest BCUT2D eigenvalue weighted by atomic mass is 16.1. The summed E-state index contributed by atoms with van der Waals surface area (Å²) in [4.78, 5) is 21.2. The van der Waals surface area contributed by atoms with E-state index in [-0.39, 0.29) is 5.78 Å². The van der Waals surface area contributed by atoms with Crippen LogP contribution in [0.1, 0.15) is 31.3 Å². The summed E-state index contributed by atoms with van der Waals surface area (Å²) >= 11 is 0. The molecule has 4 nitrogen and oxygen atoms in total. The van der Waals surface area contributed by atoms with Crippen LogP contribution in [0.2, 0.25) is 0 Å². The number of carbonyl (C=O) groups excluding carboxylic acids is 1. The molecule has 0 aliphatic rings. The lowest BCUT2D eigenvalue weighted by Crippen LogP contribution is -2.23. The predicted octanol–water partition coefficient (Wildman–Crippen LogP) is 1.53. The molecule has 0 amide bonds. The van der Waals surface area contributed by atoms with Crippen LogP contribution in [-0.4, -0.2) is 28.8 Å². The van der Waals surface area contributed by atoms with Crippen molar-refractivity contribution in [3.8, 4) is 0 Å². The third kappa shape index (κ3) is 2.28. The molecule has 0 N–H and O–H groups in total. The molecule has 76 valence electrons. The molecular weight excluding hydrogens is 178 g/mol. The molecule has 0 aliphatic carbocycles. The van der Waals surface area contributed by atoms with Crippen molar-refractivity contribution in [2.75, 3.05) is 18.0 Å². The highest BCUT2D eigenvalue weighted by Crippen LogP contribution is 2.10. The van der Waals surface area contributed by atoms with Gasteiger partial charge in [0.15, 0.2) is 5.78 Å². The SMILES string of the molecule is CCN(CC)c1cc(C(C)=O)ncn1. The third-order valence-corrected chi connectivity index (χ3v) is 2.10. The molecule has 1 heterocycles. The zero-order chi connectivity index (χ0) is 10.6.